The van der Waals surface area contributed by atoms with Gasteiger partial charge in [0.25, 0.3) is 5.91 Å². The number of H-pyrrole nitrogens is 1. The molecule has 2 aromatic carbocycles. The zero-order valence-corrected chi connectivity index (χ0v) is 14.3. The first-order valence-corrected chi connectivity index (χ1v) is 7.91. The lowest BCUT2D eigenvalue weighted by molar-refractivity contribution is 0.0994. The van der Waals surface area contributed by atoms with Gasteiger partial charge in [-0.3, -0.25) is 4.79 Å². The number of aromatic nitrogens is 4. The van der Waals surface area contributed by atoms with E-state index in [-0.39, 0.29) is 11.7 Å². The Morgan fingerprint density at radius 1 is 1.16 bits per heavy atom. The predicted octanol–water partition coefficient (Wildman–Crippen LogP) is 2.73. The number of carbonyl (C=O) groups is 1. The first kappa shape index (κ1) is 16.6. The Labute approximate surface area is 145 Å². The van der Waals surface area contributed by atoms with E-state index in [1.165, 1.54) is 0 Å². The molecule has 0 aliphatic carbocycles. The summed E-state index contributed by atoms with van der Waals surface area (Å²) in [5.41, 5.74) is 9.41. The smallest absolute Gasteiger partial charge is 0.252 e. The van der Waals surface area contributed by atoms with Crippen LogP contribution in [0, 0.1) is 6.92 Å². The van der Waals surface area contributed by atoms with Gasteiger partial charge in [0.05, 0.1) is 11.7 Å². The largest absolute Gasteiger partial charge is 0.490 e. The summed E-state index contributed by atoms with van der Waals surface area (Å²) in [6.07, 6.45) is -0.0972. The number of rotatable bonds is 5. The fraction of sp³-hybridized carbons (Fsp3) is 0.222. The van der Waals surface area contributed by atoms with Crippen LogP contribution in [0.2, 0.25) is 0 Å². The van der Waals surface area contributed by atoms with Crippen molar-refractivity contribution in [1.29, 1.82) is 0 Å². The van der Waals surface area contributed by atoms with Gasteiger partial charge in [0.15, 0.2) is 0 Å². The van der Waals surface area contributed by atoms with E-state index in [0.717, 1.165) is 16.7 Å². The highest BCUT2D eigenvalue weighted by Gasteiger charge is 2.20. The van der Waals surface area contributed by atoms with Crippen molar-refractivity contribution in [3.05, 3.63) is 47.5 Å². The number of aryl methyl sites for hydroxylation is 1. The number of primary amides is 1. The minimum absolute atomic E-state index is 0.0972. The molecule has 1 heterocycles. The molecule has 1 amide bonds. The number of nitrogens with two attached hydrogens (primary N) is 1. The van der Waals surface area contributed by atoms with Gasteiger partial charge in [-0.2, -0.15) is 5.21 Å². The number of nitrogens with one attached hydrogen (secondary N) is 1. The molecule has 0 bridgehead atoms. The fourth-order valence-corrected chi connectivity index (χ4v) is 2.56. The van der Waals surface area contributed by atoms with Crippen molar-refractivity contribution >= 4 is 5.91 Å². The number of ether oxygens (including phenoxy) is 1. The summed E-state index contributed by atoms with van der Waals surface area (Å²) in [5.74, 6) is 0.246. The number of tetrazole rings is 1. The Morgan fingerprint density at radius 3 is 2.44 bits per heavy atom. The van der Waals surface area contributed by atoms with Gasteiger partial charge in [0.1, 0.15) is 5.75 Å². The van der Waals surface area contributed by atoms with Gasteiger partial charge < -0.3 is 10.5 Å². The van der Waals surface area contributed by atoms with Gasteiger partial charge in [0.2, 0.25) is 5.82 Å². The van der Waals surface area contributed by atoms with Crippen LogP contribution in [-0.4, -0.2) is 32.6 Å². The molecule has 0 atom stereocenters. The summed E-state index contributed by atoms with van der Waals surface area (Å²) in [7, 11) is 0. The first-order chi connectivity index (χ1) is 12.0. The lowest BCUT2D eigenvalue weighted by atomic mass is 9.95. The van der Waals surface area contributed by atoms with E-state index in [2.05, 4.69) is 20.6 Å². The van der Waals surface area contributed by atoms with Gasteiger partial charge in [-0.05, 0) is 49.2 Å². The highest BCUT2D eigenvalue weighted by molar-refractivity contribution is 5.99. The third-order valence-corrected chi connectivity index (χ3v) is 3.70. The summed E-state index contributed by atoms with van der Waals surface area (Å²) in [5, 5.41) is 14.1. The predicted molar refractivity (Wildman–Crippen MR) is 94.1 cm³/mol. The molecule has 1 aromatic heterocycles. The molecule has 3 rings (SSSR count). The molecule has 25 heavy (non-hydrogen) atoms. The molecule has 7 heteroatoms. The zero-order valence-electron chi connectivity index (χ0n) is 14.3. The molecule has 0 radical (unpaired) electrons. The number of benzene rings is 2. The molecule has 0 unspecified atom stereocenters. The van der Waals surface area contributed by atoms with E-state index in [1.54, 1.807) is 12.1 Å². The molecular formula is C18H19N5O2. The summed E-state index contributed by atoms with van der Waals surface area (Å²) >= 11 is 0. The van der Waals surface area contributed by atoms with Crippen molar-refractivity contribution in [3.63, 3.8) is 0 Å². The van der Waals surface area contributed by atoms with Crippen molar-refractivity contribution in [2.45, 2.75) is 26.9 Å². The number of hydrogen-bond acceptors (Lipinski definition) is 5. The SMILES string of the molecule is Cc1ccc(-c2cc(OC(C)C)c(C(N)=O)cc2-c2nn[nH]n2)cc1. The second kappa shape index (κ2) is 6.72. The van der Waals surface area contributed by atoms with E-state index in [4.69, 9.17) is 10.5 Å². The van der Waals surface area contributed by atoms with Crippen LogP contribution < -0.4 is 10.5 Å². The Kier molecular flexibility index (Phi) is 4.47. The highest BCUT2D eigenvalue weighted by Crippen LogP contribution is 2.36. The summed E-state index contributed by atoms with van der Waals surface area (Å²) in [6.45, 7) is 5.81. The van der Waals surface area contributed by atoms with Crippen molar-refractivity contribution in [2.24, 2.45) is 5.73 Å². The van der Waals surface area contributed by atoms with Crippen molar-refractivity contribution in [2.75, 3.05) is 0 Å². The minimum Gasteiger partial charge on any atom is -0.490 e. The third-order valence-electron chi connectivity index (χ3n) is 3.70. The van der Waals surface area contributed by atoms with Crippen LogP contribution in [0.4, 0.5) is 0 Å². The van der Waals surface area contributed by atoms with Gasteiger partial charge >= 0.3 is 0 Å². The van der Waals surface area contributed by atoms with Crippen LogP contribution in [0.25, 0.3) is 22.5 Å². The van der Waals surface area contributed by atoms with Gasteiger partial charge in [-0.15, -0.1) is 10.2 Å². The number of aromatic amines is 1. The van der Waals surface area contributed by atoms with Crippen LogP contribution in [0.5, 0.6) is 5.75 Å². The van der Waals surface area contributed by atoms with E-state index in [9.17, 15) is 4.79 Å². The van der Waals surface area contributed by atoms with Crippen LogP contribution in [0.3, 0.4) is 0 Å². The van der Waals surface area contributed by atoms with Crippen LogP contribution in [-0.2, 0) is 0 Å². The Balaban J connectivity index is 2.26. The molecular weight excluding hydrogens is 318 g/mol. The Bertz CT molecular complexity index is 887. The van der Waals surface area contributed by atoms with E-state index in [1.807, 2.05) is 45.0 Å². The van der Waals surface area contributed by atoms with E-state index >= 15 is 0 Å². The number of nitrogens with zero attached hydrogens (tertiary/aromatic N) is 3. The molecule has 0 saturated heterocycles. The number of hydrogen-bond donors (Lipinski definition) is 2. The average molecular weight is 337 g/mol. The molecule has 0 aliphatic heterocycles. The van der Waals surface area contributed by atoms with Crippen molar-refractivity contribution < 1.29 is 9.53 Å². The normalized spacial score (nSPS) is 10.9. The maximum Gasteiger partial charge on any atom is 0.252 e. The number of carbonyl (C=O) groups excluding carboxylic acids is 1. The van der Waals surface area contributed by atoms with Crippen LogP contribution in [0.15, 0.2) is 36.4 Å². The molecule has 0 saturated carbocycles. The highest BCUT2D eigenvalue weighted by atomic mass is 16.5. The second-order valence-corrected chi connectivity index (χ2v) is 6.03. The average Bonchev–Trinajstić information content (AvgIpc) is 3.08. The summed E-state index contributed by atoms with van der Waals surface area (Å²) in [6, 6.07) is 11.5. The maximum atomic E-state index is 11.9. The molecule has 0 aliphatic rings. The van der Waals surface area contributed by atoms with Crippen LogP contribution >= 0.6 is 0 Å². The molecule has 3 N–H and O–H groups in total. The second-order valence-electron chi connectivity index (χ2n) is 6.03. The quantitative estimate of drug-likeness (QED) is 0.744. The molecule has 7 nitrogen and oxygen atoms in total. The Hall–Kier alpha value is -3.22. The molecule has 128 valence electrons. The van der Waals surface area contributed by atoms with Gasteiger partial charge in [-0.1, -0.05) is 29.8 Å². The fourth-order valence-electron chi connectivity index (χ4n) is 2.56. The van der Waals surface area contributed by atoms with E-state index < -0.39 is 5.91 Å². The first-order valence-electron chi connectivity index (χ1n) is 7.91. The third kappa shape index (κ3) is 3.50. The summed E-state index contributed by atoms with van der Waals surface area (Å²) < 4.78 is 5.80. The summed E-state index contributed by atoms with van der Waals surface area (Å²) in [4.78, 5) is 11.9. The number of amides is 1. The van der Waals surface area contributed by atoms with E-state index in [0.29, 0.717) is 17.1 Å². The zero-order chi connectivity index (χ0) is 18.0. The topological polar surface area (TPSA) is 107 Å². The lowest BCUT2D eigenvalue weighted by Crippen LogP contribution is -2.16. The monoisotopic (exact) mass is 337 g/mol. The minimum atomic E-state index is -0.573. The van der Waals surface area contributed by atoms with Gasteiger partial charge in [0, 0.05) is 5.56 Å². The van der Waals surface area contributed by atoms with Gasteiger partial charge in [-0.25, -0.2) is 0 Å². The van der Waals surface area contributed by atoms with Crippen LogP contribution in [0.1, 0.15) is 29.8 Å². The lowest BCUT2D eigenvalue weighted by Gasteiger charge is -2.16. The maximum absolute atomic E-state index is 11.9. The standard InChI is InChI=1S/C18H19N5O2/c1-10(2)25-16-9-13(12-6-4-11(3)5-7-12)14(8-15(16)17(19)24)18-20-22-23-21-18/h4-10H,1-3H3,(H2,19,24)(H,20,21,22,23). The molecule has 0 fully saturated rings. The Morgan fingerprint density at radius 2 is 1.88 bits per heavy atom. The van der Waals surface area contributed by atoms with Crippen molar-refractivity contribution in [1.82, 2.24) is 20.6 Å². The molecule has 3 aromatic rings. The molecule has 0 spiro atoms. The van der Waals surface area contributed by atoms with Crippen molar-refractivity contribution in [3.8, 4) is 28.3 Å².